The summed E-state index contributed by atoms with van der Waals surface area (Å²) in [6.07, 6.45) is 0.732. The Morgan fingerprint density at radius 2 is 1.77 bits per heavy atom. The molecule has 8 heteroatoms. The molecule has 0 spiro atoms. The molecule has 0 bridgehead atoms. The summed E-state index contributed by atoms with van der Waals surface area (Å²) in [5, 5.41) is 6.24. The van der Waals surface area contributed by atoms with E-state index in [1.165, 1.54) is 17.5 Å². The maximum atomic E-state index is 13.3. The zero-order valence-electron chi connectivity index (χ0n) is 20.5. The number of ether oxygens (including phenoxy) is 1. The average Bonchev–Trinajstić information content (AvgIpc) is 2.84. The molecule has 35 heavy (non-hydrogen) atoms. The number of nitrogens with zero attached hydrogens (tertiary/aromatic N) is 3. The number of pyridine rings is 1. The van der Waals surface area contributed by atoms with E-state index in [1.807, 2.05) is 44.2 Å². The van der Waals surface area contributed by atoms with Gasteiger partial charge in [-0.2, -0.15) is 0 Å². The van der Waals surface area contributed by atoms with Crippen LogP contribution in [0.1, 0.15) is 22.6 Å². The molecule has 0 unspecified atom stereocenters. The normalized spacial score (nSPS) is 11.3. The first kappa shape index (κ1) is 24.9. The summed E-state index contributed by atoms with van der Waals surface area (Å²) in [4.78, 5) is 31.4. The predicted octanol–water partition coefficient (Wildman–Crippen LogP) is 4.01. The Hall–Kier alpha value is -3.20. The highest BCUT2D eigenvalue weighted by Gasteiger charge is 2.13. The molecule has 0 amide bonds. The van der Waals surface area contributed by atoms with E-state index in [0.29, 0.717) is 36.4 Å². The minimum atomic E-state index is -0.0624. The SMILES string of the molecule is COCCn1c(C)c(-c2ccc3c(=O)n(CCc4ccc(SN)cc4C)c(C)nc3c2)ccc1=O. The number of hydrogen-bond acceptors (Lipinski definition) is 6. The van der Waals surface area contributed by atoms with Gasteiger partial charge in [-0.3, -0.25) is 19.3 Å². The Morgan fingerprint density at radius 1 is 0.971 bits per heavy atom. The van der Waals surface area contributed by atoms with Gasteiger partial charge in [-0.1, -0.05) is 12.1 Å². The molecule has 7 nitrogen and oxygen atoms in total. The van der Waals surface area contributed by atoms with Crippen LogP contribution in [0.4, 0.5) is 0 Å². The van der Waals surface area contributed by atoms with Gasteiger partial charge in [-0.15, -0.1) is 0 Å². The lowest BCUT2D eigenvalue weighted by Gasteiger charge is -2.15. The summed E-state index contributed by atoms with van der Waals surface area (Å²) in [7, 11) is 1.62. The summed E-state index contributed by atoms with van der Waals surface area (Å²) in [6.45, 7) is 7.34. The van der Waals surface area contributed by atoms with Gasteiger partial charge < -0.3 is 9.30 Å². The van der Waals surface area contributed by atoms with Crippen LogP contribution in [-0.4, -0.2) is 27.8 Å². The molecule has 2 aromatic carbocycles. The molecule has 0 saturated heterocycles. The van der Waals surface area contributed by atoms with Gasteiger partial charge in [-0.05, 0) is 86.2 Å². The lowest BCUT2D eigenvalue weighted by molar-refractivity contribution is 0.185. The van der Waals surface area contributed by atoms with Crippen molar-refractivity contribution in [2.75, 3.05) is 13.7 Å². The molecule has 182 valence electrons. The van der Waals surface area contributed by atoms with Gasteiger partial charge in [0, 0.05) is 42.4 Å². The number of aryl methyl sites for hydroxylation is 3. The monoisotopic (exact) mass is 490 g/mol. The fourth-order valence-corrected chi connectivity index (χ4v) is 4.85. The van der Waals surface area contributed by atoms with Crippen molar-refractivity contribution in [3.8, 4) is 11.1 Å². The third-order valence-corrected chi connectivity index (χ3v) is 7.01. The Balaban J connectivity index is 1.68. The van der Waals surface area contributed by atoms with E-state index in [4.69, 9.17) is 14.9 Å². The van der Waals surface area contributed by atoms with Crippen molar-refractivity contribution < 1.29 is 4.74 Å². The van der Waals surface area contributed by atoms with Gasteiger partial charge in [0.05, 0.1) is 17.5 Å². The summed E-state index contributed by atoms with van der Waals surface area (Å²) in [5.41, 5.74) is 5.58. The molecule has 4 aromatic rings. The highest BCUT2D eigenvalue weighted by molar-refractivity contribution is 7.97. The summed E-state index contributed by atoms with van der Waals surface area (Å²) >= 11 is 1.23. The number of methoxy groups -OCH3 is 1. The van der Waals surface area contributed by atoms with Crippen LogP contribution in [-0.2, 0) is 24.2 Å². The molecule has 0 aliphatic heterocycles. The largest absolute Gasteiger partial charge is 0.383 e. The summed E-state index contributed by atoms with van der Waals surface area (Å²) < 4.78 is 8.60. The third kappa shape index (κ3) is 5.10. The van der Waals surface area contributed by atoms with Gasteiger partial charge in [0.1, 0.15) is 5.82 Å². The predicted molar refractivity (Wildman–Crippen MR) is 142 cm³/mol. The van der Waals surface area contributed by atoms with E-state index in [-0.39, 0.29) is 11.1 Å². The fraction of sp³-hybridized carbons (Fsp3) is 0.296. The van der Waals surface area contributed by atoms with E-state index in [2.05, 4.69) is 19.1 Å². The van der Waals surface area contributed by atoms with E-state index in [1.54, 1.807) is 22.3 Å². The number of fused-ring (bicyclic) bond motifs is 1. The molecule has 0 saturated carbocycles. The standard InChI is InChI=1S/C27H30N4O3S/c1-17-15-22(35-28)7-5-20(17)11-12-31-19(3)29-25-16-21(6-8-24(25)27(31)33)23-9-10-26(32)30(18(23)2)13-14-34-4/h5-10,15-16H,11-14,28H2,1-4H3. The quantitative estimate of drug-likeness (QED) is 0.375. The first-order valence-corrected chi connectivity index (χ1v) is 12.4. The van der Waals surface area contributed by atoms with Crippen molar-refractivity contribution in [3.05, 3.63) is 91.9 Å². The molecule has 2 N–H and O–H groups in total. The summed E-state index contributed by atoms with van der Waals surface area (Å²) in [6, 6.07) is 15.2. The van der Waals surface area contributed by atoms with Crippen molar-refractivity contribution in [2.24, 2.45) is 5.14 Å². The number of benzene rings is 2. The molecule has 0 radical (unpaired) electrons. The van der Waals surface area contributed by atoms with Crippen LogP contribution < -0.4 is 16.3 Å². The van der Waals surface area contributed by atoms with Crippen molar-refractivity contribution >= 4 is 22.9 Å². The van der Waals surface area contributed by atoms with Crippen molar-refractivity contribution in [1.82, 2.24) is 14.1 Å². The van der Waals surface area contributed by atoms with Crippen LogP contribution >= 0.6 is 11.9 Å². The van der Waals surface area contributed by atoms with Crippen molar-refractivity contribution in [2.45, 2.75) is 45.2 Å². The Morgan fingerprint density at radius 3 is 2.49 bits per heavy atom. The van der Waals surface area contributed by atoms with Crippen LogP contribution in [0.15, 0.2) is 63.0 Å². The lowest BCUT2D eigenvalue weighted by atomic mass is 10.0. The third-order valence-electron chi connectivity index (χ3n) is 6.48. The van der Waals surface area contributed by atoms with Gasteiger partial charge in [-0.25, -0.2) is 4.98 Å². The van der Waals surface area contributed by atoms with E-state index < -0.39 is 0 Å². The summed E-state index contributed by atoms with van der Waals surface area (Å²) in [5.74, 6) is 0.674. The molecular formula is C27H30N4O3S. The Kier molecular flexibility index (Phi) is 7.54. The maximum Gasteiger partial charge on any atom is 0.261 e. The van der Waals surface area contributed by atoms with Gasteiger partial charge in [0.25, 0.3) is 11.1 Å². The van der Waals surface area contributed by atoms with E-state index >= 15 is 0 Å². The van der Waals surface area contributed by atoms with Crippen molar-refractivity contribution in [3.63, 3.8) is 0 Å². The van der Waals surface area contributed by atoms with Crippen molar-refractivity contribution in [1.29, 1.82) is 0 Å². The second-order valence-electron chi connectivity index (χ2n) is 8.62. The minimum absolute atomic E-state index is 0.0485. The first-order chi connectivity index (χ1) is 16.8. The topological polar surface area (TPSA) is 92.1 Å². The second kappa shape index (κ2) is 10.6. The molecule has 0 aliphatic carbocycles. The zero-order valence-corrected chi connectivity index (χ0v) is 21.3. The van der Waals surface area contributed by atoms with E-state index in [9.17, 15) is 9.59 Å². The minimum Gasteiger partial charge on any atom is -0.383 e. The highest BCUT2D eigenvalue weighted by atomic mass is 32.2. The lowest BCUT2D eigenvalue weighted by Crippen LogP contribution is -2.25. The van der Waals surface area contributed by atoms with Gasteiger partial charge in [0.2, 0.25) is 0 Å². The van der Waals surface area contributed by atoms with Crippen LogP contribution in [0.25, 0.3) is 22.0 Å². The Labute approximate surface area is 208 Å². The molecule has 0 atom stereocenters. The second-order valence-corrected chi connectivity index (χ2v) is 9.33. The molecule has 2 aromatic heterocycles. The zero-order chi connectivity index (χ0) is 25.1. The number of nitrogens with two attached hydrogens (primary N) is 1. The van der Waals surface area contributed by atoms with Gasteiger partial charge in [0.15, 0.2) is 0 Å². The first-order valence-electron chi connectivity index (χ1n) is 11.5. The molecule has 0 aliphatic rings. The molecule has 4 rings (SSSR count). The van der Waals surface area contributed by atoms with Gasteiger partial charge >= 0.3 is 0 Å². The number of hydrogen-bond donors (Lipinski definition) is 1. The van der Waals surface area contributed by atoms with Crippen LogP contribution in [0.5, 0.6) is 0 Å². The van der Waals surface area contributed by atoms with Crippen LogP contribution in [0.2, 0.25) is 0 Å². The van der Waals surface area contributed by atoms with Crippen LogP contribution in [0.3, 0.4) is 0 Å². The number of rotatable bonds is 8. The fourth-order valence-electron chi connectivity index (χ4n) is 4.46. The number of aromatic nitrogens is 3. The Bertz CT molecular complexity index is 1510. The molecular weight excluding hydrogens is 460 g/mol. The van der Waals surface area contributed by atoms with Crippen LogP contribution in [0, 0.1) is 20.8 Å². The maximum absolute atomic E-state index is 13.3. The average molecular weight is 491 g/mol. The smallest absolute Gasteiger partial charge is 0.261 e. The highest BCUT2D eigenvalue weighted by Crippen LogP contribution is 2.25. The molecule has 2 heterocycles. The molecule has 0 fully saturated rings. The van der Waals surface area contributed by atoms with E-state index in [0.717, 1.165) is 33.7 Å².